The van der Waals surface area contributed by atoms with E-state index in [0.717, 1.165) is 25.8 Å². The topological polar surface area (TPSA) is 88.3 Å². The average Bonchev–Trinajstić information content (AvgIpc) is 3.16. The fourth-order valence-electron chi connectivity index (χ4n) is 2.61. The van der Waals surface area contributed by atoms with Gasteiger partial charge in [0.25, 0.3) is 5.22 Å². The number of hydrogen-bond donors (Lipinski definition) is 1. The number of carbonyl (C=O) groups is 2. The fraction of sp³-hybridized carbons (Fsp3) is 0.750. The minimum atomic E-state index is -0.0292. The van der Waals surface area contributed by atoms with Gasteiger partial charge in [0.15, 0.2) is 0 Å². The van der Waals surface area contributed by atoms with Gasteiger partial charge in [-0.2, -0.15) is 0 Å². The third-order valence-corrected chi connectivity index (χ3v) is 4.74. The van der Waals surface area contributed by atoms with Crippen LogP contribution in [0.1, 0.15) is 58.3 Å². The Hall–Kier alpha value is -1.57. The second-order valence-electron chi connectivity index (χ2n) is 6.13. The normalized spacial score (nSPS) is 15.8. The molecule has 0 aliphatic carbocycles. The minimum Gasteiger partial charge on any atom is -0.414 e. The summed E-state index contributed by atoms with van der Waals surface area (Å²) in [6.07, 6.45) is 5.97. The Bertz CT molecular complexity index is 549. The lowest BCUT2D eigenvalue weighted by Gasteiger charge is -2.13. The molecule has 2 amide bonds. The molecule has 1 unspecified atom stereocenters. The number of aromatic nitrogens is 2. The van der Waals surface area contributed by atoms with E-state index in [4.69, 9.17) is 4.42 Å². The van der Waals surface area contributed by atoms with Gasteiger partial charge in [-0.05, 0) is 19.8 Å². The highest BCUT2D eigenvalue weighted by Crippen LogP contribution is 2.18. The zero-order valence-electron chi connectivity index (χ0n) is 14.4. The molecule has 134 valence electrons. The summed E-state index contributed by atoms with van der Waals surface area (Å²) in [5.41, 5.74) is 0. The molecule has 1 fully saturated rings. The van der Waals surface area contributed by atoms with Gasteiger partial charge in [-0.15, -0.1) is 10.2 Å². The van der Waals surface area contributed by atoms with Crippen molar-refractivity contribution >= 4 is 23.6 Å². The molecule has 2 heterocycles. The van der Waals surface area contributed by atoms with Gasteiger partial charge in [0.1, 0.15) is 0 Å². The first kappa shape index (κ1) is 18.8. The van der Waals surface area contributed by atoms with Crippen LogP contribution in [0.3, 0.4) is 0 Å². The van der Waals surface area contributed by atoms with E-state index in [-0.39, 0.29) is 23.6 Å². The highest BCUT2D eigenvalue weighted by atomic mass is 32.2. The number of carbonyl (C=O) groups excluding carboxylic acids is 2. The van der Waals surface area contributed by atoms with Crippen molar-refractivity contribution in [1.82, 2.24) is 20.4 Å². The Morgan fingerprint density at radius 3 is 2.96 bits per heavy atom. The molecular formula is C16H26N4O3S. The molecule has 1 saturated heterocycles. The smallest absolute Gasteiger partial charge is 0.277 e. The monoisotopic (exact) mass is 354 g/mol. The maximum absolute atomic E-state index is 11.9. The number of hydrogen-bond acceptors (Lipinski definition) is 6. The zero-order chi connectivity index (χ0) is 17.4. The molecule has 1 atom stereocenters. The van der Waals surface area contributed by atoms with Crippen LogP contribution < -0.4 is 5.32 Å². The van der Waals surface area contributed by atoms with Gasteiger partial charge in [0.05, 0.1) is 12.3 Å². The van der Waals surface area contributed by atoms with Gasteiger partial charge < -0.3 is 14.6 Å². The van der Waals surface area contributed by atoms with Crippen LogP contribution >= 0.6 is 11.8 Å². The molecule has 1 aromatic rings. The molecule has 1 aliphatic rings. The number of nitrogens with zero attached hydrogens (tertiary/aromatic N) is 3. The van der Waals surface area contributed by atoms with Crippen LogP contribution in [0.4, 0.5) is 0 Å². The Labute approximate surface area is 146 Å². The molecular weight excluding hydrogens is 328 g/mol. The predicted molar refractivity (Wildman–Crippen MR) is 91.4 cm³/mol. The van der Waals surface area contributed by atoms with E-state index in [9.17, 15) is 9.59 Å². The summed E-state index contributed by atoms with van der Waals surface area (Å²) in [6, 6.07) is 0.184. The van der Waals surface area contributed by atoms with Crippen molar-refractivity contribution in [2.24, 2.45) is 0 Å². The quantitative estimate of drug-likeness (QED) is 0.513. The van der Waals surface area contributed by atoms with E-state index < -0.39 is 0 Å². The molecule has 0 radical (unpaired) electrons. The lowest BCUT2D eigenvalue weighted by Crippen LogP contribution is -2.33. The first-order chi connectivity index (χ1) is 11.6. The molecule has 8 heteroatoms. The molecule has 0 spiro atoms. The minimum absolute atomic E-state index is 0.0292. The molecule has 7 nitrogen and oxygen atoms in total. The first-order valence-corrected chi connectivity index (χ1v) is 9.59. The molecule has 1 aromatic heterocycles. The van der Waals surface area contributed by atoms with E-state index in [1.54, 1.807) is 4.90 Å². The summed E-state index contributed by atoms with van der Waals surface area (Å²) < 4.78 is 5.50. The van der Waals surface area contributed by atoms with Crippen molar-refractivity contribution in [3.8, 4) is 0 Å². The van der Waals surface area contributed by atoms with Crippen LogP contribution in [0.25, 0.3) is 0 Å². The lowest BCUT2D eigenvalue weighted by molar-refractivity contribution is -0.128. The van der Waals surface area contributed by atoms with Gasteiger partial charge >= 0.3 is 0 Å². The van der Waals surface area contributed by atoms with Gasteiger partial charge in [0, 0.05) is 19.0 Å². The molecule has 1 aliphatic heterocycles. The van der Waals surface area contributed by atoms with Crippen molar-refractivity contribution < 1.29 is 14.0 Å². The molecule has 2 rings (SSSR count). The van der Waals surface area contributed by atoms with Crippen molar-refractivity contribution in [2.75, 3.05) is 12.3 Å². The third kappa shape index (κ3) is 6.14. The molecule has 0 aromatic carbocycles. The number of amides is 2. The second kappa shape index (κ2) is 9.66. The van der Waals surface area contributed by atoms with Crippen LogP contribution in [-0.4, -0.2) is 45.3 Å². The van der Waals surface area contributed by atoms with E-state index in [1.165, 1.54) is 24.6 Å². The molecule has 1 N–H and O–H groups in total. The second-order valence-corrected chi connectivity index (χ2v) is 7.06. The van der Waals surface area contributed by atoms with Gasteiger partial charge in [-0.25, -0.2) is 0 Å². The van der Waals surface area contributed by atoms with E-state index in [2.05, 4.69) is 22.4 Å². The van der Waals surface area contributed by atoms with E-state index >= 15 is 0 Å². The lowest BCUT2D eigenvalue weighted by atomic mass is 10.1. The summed E-state index contributed by atoms with van der Waals surface area (Å²) in [4.78, 5) is 25.2. The van der Waals surface area contributed by atoms with Crippen molar-refractivity contribution in [3.63, 3.8) is 0 Å². The van der Waals surface area contributed by atoms with Gasteiger partial charge in [-0.1, -0.05) is 37.9 Å². The van der Waals surface area contributed by atoms with E-state index in [0.29, 0.717) is 24.1 Å². The first-order valence-electron chi connectivity index (χ1n) is 8.60. The van der Waals surface area contributed by atoms with Crippen molar-refractivity contribution in [2.45, 2.75) is 70.2 Å². The summed E-state index contributed by atoms with van der Waals surface area (Å²) >= 11 is 1.22. The Balaban J connectivity index is 1.68. The van der Waals surface area contributed by atoms with Crippen molar-refractivity contribution in [3.05, 3.63) is 5.89 Å². The summed E-state index contributed by atoms with van der Waals surface area (Å²) in [6.45, 7) is 5.28. The fourth-order valence-corrected chi connectivity index (χ4v) is 3.20. The Kier molecular flexibility index (Phi) is 7.55. The van der Waals surface area contributed by atoms with Gasteiger partial charge in [-0.3, -0.25) is 9.59 Å². The largest absolute Gasteiger partial charge is 0.414 e. The van der Waals surface area contributed by atoms with Crippen LogP contribution in [0.2, 0.25) is 0 Å². The molecule has 0 saturated carbocycles. The third-order valence-electron chi connectivity index (χ3n) is 3.92. The summed E-state index contributed by atoms with van der Waals surface area (Å²) in [7, 11) is 0. The van der Waals surface area contributed by atoms with E-state index in [1.807, 2.05) is 6.92 Å². The summed E-state index contributed by atoms with van der Waals surface area (Å²) in [5, 5.41) is 11.2. The maximum Gasteiger partial charge on any atom is 0.277 e. The molecule has 24 heavy (non-hydrogen) atoms. The van der Waals surface area contributed by atoms with Crippen LogP contribution in [0, 0.1) is 0 Å². The zero-order valence-corrected chi connectivity index (χ0v) is 15.2. The molecule has 0 bridgehead atoms. The predicted octanol–water partition coefficient (Wildman–Crippen LogP) is 2.37. The highest BCUT2D eigenvalue weighted by Gasteiger charge is 2.22. The highest BCUT2D eigenvalue weighted by molar-refractivity contribution is 7.99. The number of thioether (sulfide) groups is 1. The number of rotatable bonds is 10. The van der Waals surface area contributed by atoms with Gasteiger partial charge in [0.2, 0.25) is 17.7 Å². The Morgan fingerprint density at radius 1 is 1.42 bits per heavy atom. The Morgan fingerprint density at radius 2 is 2.25 bits per heavy atom. The number of likely N-dealkylation sites (tertiary alicyclic amines) is 1. The average molecular weight is 354 g/mol. The standard InChI is InChI=1S/C16H26N4O3S/c1-3-4-5-7-12(2)17-13(21)11-24-16-19-18-14(23-16)10-20-9-6-8-15(20)22/h12H,3-11H2,1-2H3,(H,17,21). The van der Waals surface area contributed by atoms with Crippen LogP contribution in [-0.2, 0) is 16.1 Å². The van der Waals surface area contributed by atoms with Crippen LogP contribution in [0.5, 0.6) is 0 Å². The van der Waals surface area contributed by atoms with Crippen LogP contribution in [0.15, 0.2) is 9.64 Å². The van der Waals surface area contributed by atoms with Crippen molar-refractivity contribution in [1.29, 1.82) is 0 Å². The number of nitrogens with one attached hydrogen (secondary N) is 1. The maximum atomic E-state index is 11.9. The summed E-state index contributed by atoms with van der Waals surface area (Å²) in [5.74, 6) is 0.765. The SMILES string of the molecule is CCCCCC(C)NC(=O)CSc1nnc(CN2CCCC2=O)o1. The number of unbranched alkanes of at least 4 members (excludes halogenated alkanes) is 2.